The summed E-state index contributed by atoms with van der Waals surface area (Å²) in [6.45, 7) is 6.32. The number of anilines is 1. The maximum Gasteiger partial charge on any atom is 0.142 e. The van der Waals surface area contributed by atoms with Gasteiger partial charge in [-0.15, -0.1) is 0 Å². The Balaban J connectivity index is 1.19. The molecule has 0 spiro atoms. The minimum absolute atomic E-state index is 0.0911. The quantitative estimate of drug-likeness (QED) is 0.386. The van der Waals surface area contributed by atoms with Crippen LogP contribution in [0, 0.1) is 5.92 Å². The molecular formula is C30H42N2O6. The second kappa shape index (κ2) is 13.2. The monoisotopic (exact) mass is 526 g/mol. The van der Waals surface area contributed by atoms with Crippen LogP contribution in [0.15, 0.2) is 42.5 Å². The predicted octanol–water partition coefficient (Wildman–Crippen LogP) is 3.11. The maximum absolute atomic E-state index is 10.9. The van der Waals surface area contributed by atoms with Gasteiger partial charge < -0.3 is 39.0 Å². The van der Waals surface area contributed by atoms with E-state index in [0.717, 1.165) is 67.3 Å². The van der Waals surface area contributed by atoms with Crippen molar-refractivity contribution in [1.29, 1.82) is 0 Å². The topological polar surface area (TPSA) is 81.7 Å². The van der Waals surface area contributed by atoms with Crippen molar-refractivity contribution in [2.45, 2.75) is 50.3 Å². The molecule has 2 aromatic rings. The SMILES string of the molecule is COCCCN1CCOc2ccc(CO[C@H]3CNC[C@@H](O)[C@@H]3c3ccc(COC[C@@H]4CC4OC)cc3)cc21. The number of fused-ring (bicyclic) bond motifs is 1. The van der Waals surface area contributed by atoms with E-state index < -0.39 is 6.10 Å². The van der Waals surface area contributed by atoms with Crippen LogP contribution in [-0.2, 0) is 32.2 Å². The van der Waals surface area contributed by atoms with Gasteiger partial charge in [-0.05, 0) is 41.7 Å². The number of nitrogens with one attached hydrogen (secondary N) is 1. The third kappa shape index (κ3) is 6.86. The molecule has 5 rings (SSSR count). The van der Waals surface area contributed by atoms with E-state index in [9.17, 15) is 5.11 Å². The lowest BCUT2D eigenvalue weighted by Gasteiger charge is -2.36. The molecule has 8 heteroatoms. The summed E-state index contributed by atoms with van der Waals surface area (Å²) in [6.07, 6.45) is 1.79. The molecule has 2 fully saturated rings. The van der Waals surface area contributed by atoms with Gasteiger partial charge >= 0.3 is 0 Å². The van der Waals surface area contributed by atoms with Gasteiger partial charge in [-0.1, -0.05) is 30.3 Å². The van der Waals surface area contributed by atoms with Crippen molar-refractivity contribution in [3.05, 3.63) is 59.2 Å². The lowest BCUT2D eigenvalue weighted by atomic mass is 9.85. The first-order chi connectivity index (χ1) is 18.7. The Kier molecular flexibility index (Phi) is 9.54. The first-order valence-corrected chi connectivity index (χ1v) is 13.9. The van der Waals surface area contributed by atoms with E-state index in [0.29, 0.717) is 44.9 Å². The number of β-amino-alcohol motifs (C(OH)–C–C–N with tert-alkyl or cyclic N) is 1. The molecule has 1 unspecified atom stereocenters. The summed E-state index contributed by atoms with van der Waals surface area (Å²) in [7, 11) is 3.50. The molecule has 208 valence electrons. The molecule has 0 amide bonds. The Hall–Kier alpha value is -2.20. The van der Waals surface area contributed by atoms with Gasteiger partial charge in [0.2, 0.25) is 0 Å². The van der Waals surface area contributed by atoms with E-state index >= 15 is 0 Å². The van der Waals surface area contributed by atoms with Crippen molar-refractivity contribution in [3.8, 4) is 5.75 Å². The fourth-order valence-electron chi connectivity index (χ4n) is 5.57. The van der Waals surface area contributed by atoms with Gasteiger partial charge in [0.15, 0.2) is 0 Å². The molecule has 2 aliphatic heterocycles. The van der Waals surface area contributed by atoms with Crippen molar-refractivity contribution in [1.82, 2.24) is 5.32 Å². The summed E-state index contributed by atoms with van der Waals surface area (Å²) in [6, 6.07) is 14.7. The van der Waals surface area contributed by atoms with Gasteiger partial charge in [0.25, 0.3) is 0 Å². The van der Waals surface area contributed by atoms with Crippen LogP contribution in [0.2, 0.25) is 0 Å². The lowest BCUT2D eigenvalue weighted by molar-refractivity contribution is -0.0328. The van der Waals surface area contributed by atoms with Crippen molar-refractivity contribution in [2.75, 3.05) is 65.1 Å². The summed E-state index contributed by atoms with van der Waals surface area (Å²) in [5, 5.41) is 14.2. The molecule has 0 bridgehead atoms. The highest BCUT2D eigenvalue weighted by atomic mass is 16.5. The zero-order valence-electron chi connectivity index (χ0n) is 22.6. The van der Waals surface area contributed by atoms with Crippen molar-refractivity contribution < 1.29 is 28.8 Å². The maximum atomic E-state index is 10.9. The first kappa shape index (κ1) is 27.4. The Bertz CT molecular complexity index is 1020. The Morgan fingerprint density at radius 3 is 2.66 bits per heavy atom. The number of aliphatic hydroxyl groups is 1. The summed E-state index contributed by atoms with van der Waals surface area (Å²) >= 11 is 0. The van der Waals surface area contributed by atoms with E-state index in [4.69, 9.17) is 23.7 Å². The zero-order valence-corrected chi connectivity index (χ0v) is 22.6. The number of hydrogen-bond donors (Lipinski definition) is 2. The molecule has 1 saturated carbocycles. The van der Waals surface area contributed by atoms with Crippen LogP contribution in [0.3, 0.4) is 0 Å². The molecular weight excluding hydrogens is 484 g/mol. The van der Waals surface area contributed by atoms with E-state index in [1.165, 1.54) is 0 Å². The van der Waals surface area contributed by atoms with Gasteiger partial charge in [-0.2, -0.15) is 0 Å². The van der Waals surface area contributed by atoms with Crippen molar-refractivity contribution in [3.63, 3.8) is 0 Å². The van der Waals surface area contributed by atoms with E-state index in [-0.39, 0.29) is 12.0 Å². The third-order valence-corrected chi connectivity index (χ3v) is 7.86. The second-order valence-electron chi connectivity index (χ2n) is 10.6. The molecule has 2 N–H and O–H groups in total. The van der Waals surface area contributed by atoms with Crippen LogP contribution >= 0.6 is 0 Å². The average molecular weight is 527 g/mol. The number of benzene rings is 2. The fraction of sp³-hybridized carbons (Fsp3) is 0.600. The molecule has 38 heavy (non-hydrogen) atoms. The lowest BCUT2D eigenvalue weighted by Crippen LogP contribution is -2.49. The molecule has 0 radical (unpaired) electrons. The molecule has 8 nitrogen and oxygen atoms in total. The third-order valence-electron chi connectivity index (χ3n) is 7.86. The minimum atomic E-state index is -0.509. The highest BCUT2D eigenvalue weighted by Crippen LogP contribution is 2.35. The van der Waals surface area contributed by atoms with Crippen molar-refractivity contribution >= 4 is 5.69 Å². The number of piperidine rings is 1. The molecule has 1 saturated heterocycles. The van der Waals surface area contributed by atoms with Crippen LogP contribution in [0.25, 0.3) is 0 Å². The van der Waals surface area contributed by atoms with Crippen LogP contribution in [0.1, 0.15) is 35.4 Å². The van der Waals surface area contributed by atoms with Crippen LogP contribution < -0.4 is 15.0 Å². The molecule has 2 aromatic carbocycles. The largest absolute Gasteiger partial charge is 0.490 e. The Morgan fingerprint density at radius 1 is 1.03 bits per heavy atom. The zero-order chi connectivity index (χ0) is 26.3. The van der Waals surface area contributed by atoms with Gasteiger partial charge in [0, 0.05) is 52.3 Å². The summed E-state index contributed by atoms with van der Waals surface area (Å²) < 4.78 is 28.8. The van der Waals surface area contributed by atoms with Gasteiger partial charge in [0.05, 0.1) is 50.4 Å². The van der Waals surface area contributed by atoms with E-state index in [1.807, 2.05) is 6.07 Å². The summed E-state index contributed by atoms with van der Waals surface area (Å²) in [5.41, 5.74) is 4.45. The molecule has 5 atom stereocenters. The number of nitrogens with zero attached hydrogens (tertiary/aromatic N) is 1. The standard InChI is InChI=1S/C30H42N2O6/c1-34-12-3-10-32-11-13-37-27-9-6-22(14-25(27)32)19-38-29-17-31-16-26(33)30(29)23-7-4-21(5-8-23)18-36-20-24-15-28(24)35-2/h4-9,14,24,26,28-31,33H,3,10-13,15-20H2,1-2H3/t24-,26+,28?,29-,30-/m0/s1. The van der Waals surface area contributed by atoms with Gasteiger partial charge in [-0.3, -0.25) is 0 Å². The normalized spacial score (nSPS) is 26.6. The molecule has 1 aliphatic carbocycles. The van der Waals surface area contributed by atoms with Gasteiger partial charge in [0.1, 0.15) is 12.4 Å². The van der Waals surface area contributed by atoms with E-state index in [1.54, 1.807) is 14.2 Å². The Labute approximate surface area is 226 Å². The number of rotatable bonds is 13. The molecule has 0 aromatic heterocycles. The van der Waals surface area contributed by atoms with Crippen molar-refractivity contribution in [2.24, 2.45) is 5.92 Å². The molecule has 3 aliphatic rings. The fourth-order valence-corrected chi connectivity index (χ4v) is 5.57. The first-order valence-electron chi connectivity index (χ1n) is 13.9. The van der Waals surface area contributed by atoms with Crippen LogP contribution in [0.5, 0.6) is 5.75 Å². The smallest absolute Gasteiger partial charge is 0.142 e. The van der Waals surface area contributed by atoms with Crippen LogP contribution in [-0.4, -0.2) is 83.6 Å². The number of aliphatic hydroxyl groups excluding tert-OH is 1. The predicted molar refractivity (Wildman–Crippen MR) is 146 cm³/mol. The van der Waals surface area contributed by atoms with E-state index in [2.05, 4.69) is 46.6 Å². The molecule has 2 heterocycles. The van der Waals surface area contributed by atoms with Gasteiger partial charge in [-0.25, -0.2) is 0 Å². The average Bonchev–Trinajstić information content (AvgIpc) is 3.71. The summed E-state index contributed by atoms with van der Waals surface area (Å²) in [5.74, 6) is 1.36. The number of ether oxygens (including phenoxy) is 5. The number of hydrogen-bond acceptors (Lipinski definition) is 8. The Morgan fingerprint density at radius 2 is 1.87 bits per heavy atom. The summed E-state index contributed by atoms with van der Waals surface area (Å²) in [4.78, 5) is 2.36. The van der Waals surface area contributed by atoms with Crippen LogP contribution in [0.4, 0.5) is 5.69 Å². The highest BCUT2D eigenvalue weighted by Gasteiger charge is 2.37. The number of methoxy groups -OCH3 is 2. The minimum Gasteiger partial charge on any atom is -0.490 e. The highest BCUT2D eigenvalue weighted by molar-refractivity contribution is 5.61. The second-order valence-corrected chi connectivity index (χ2v) is 10.6.